The van der Waals surface area contributed by atoms with Crippen LogP contribution in [-0.2, 0) is 19.4 Å². The lowest BCUT2D eigenvalue weighted by atomic mass is 10.2. The predicted octanol–water partition coefficient (Wildman–Crippen LogP) is 0.918. The number of hydrogen-bond donors (Lipinski definition) is 1. The van der Waals surface area contributed by atoms with Gasteiger partial charge in [-0.1, -0.05) is 0 Å². The fraction of sp³-hybridized carbons (Fsp3) is 0.429. The number of esters is 1. The van der Waals surface area contributed by atoms with Gasteiger partial charge in [-0.2, -0.15) is 0 Å². The van der Waals surface area contributed by atoms with Crippen molar-refractivity contribution in [3.63, 3.8) is 0 Å². The highest BCUT2D eigenvalue weighted by atomic mass is 79.9. The summed E-state index contributed by atoms with van der Waals surface area (Å²) in [5, 5.41) is 2.55. The van der Waals surface area contributed by atoms with Gasteiger partial charge in [-0.05, 0) is 40.5 Å². The van der Waals surface area contributed by atoms with Crippen molar-refractivity contribution in [3.8, 4) is 5.75 Å². The largest absolute Gasteiger partial charge is 0.497 e. The van der Waals surface area contributed by atoms with Crippen molar-refractivity contribution in [2.75, 3.05) is 25.2 Å². The molecule has 1 fully saturated rings. The van der Waals surface area contributed by atoms with Gasteiger partial charge in [0.1, 0.15) is 5.75 Å². The molecule has 0 bridgehead atoms. The maximum Gasteiger partial charge on any atom is 0.339 e. The van der Waals surface area contributed by atoms with E-state index in [1.165, 1.54) is 13.2 Å². The van der Waals surface area contributed by atoms with Crippen LogP contribution in [0.25, 0.3) is 0 Å². The molecule has 0 spiro atoms. The summed E-state index contributed by atoms with van der Waals surface area (Å²) in [6.45, 7) is -0.473. The lowest BCUT2D eigenvalue weighted by molar-refractivity contribution is -0.124. The second kappa shape index (κ2) is 7.31. The molecule has 1 N–H and O–H groups in total. The van der Waals surface area contributed by atoms with Crippen molar-refractivity contribution in [1.82, 2.24) is 5.32 Å². The van der Waals surface area contributed by atoms with E-state index in [2.05, 4.69) is 21.2 Å². The lowest BCUT2D eigenvalue weighted by Gasteiger charge is -2.11. The van der Waals surface area contributed by atoms with Crippen LogP contribution >= 0.6 is 15.9 Å². The van der Waals surface area contributed by atoms with Gasteiger partial charge in [0.05, 0.1) is 24.2 Å². The third-order valence-electron chi connectivity index (χ3n) is 3.33. The van der Waals surface area contributed by atoms with Crippen LogP contribution in [0.1, 0.15) is 16.8 Å². The van der Waals surface area contributed by atoms with Crippen LogP contribution in [0.15, 0.2) is 22.7 Å². The smallest absolute Gasteiger partial charge is 0.339 e. The van der Waals surface area contributed by atoms with Crippen molar-refractivity contribution in [2.45, 2.75) is 12.5 Å². The normalized spacial score (nSPS) is 19.1. The number of ether oxygens (including phenoxy) is 2. The van der Waals surface area contributed by atoms with Crippen LogP contribution in [-0.4, -0.2) is 51.6 Å². The molecule has 0 saturated carbocycles. The summed E-state index contributed by atoms with van der Waals surface area (Å²) in [5.41, 5.74) is 0.237. The maximum absolute atomic E-state index is 12.0. The molecule has 0 aromatic heterocycles. The number of amides is 1. The van der Waals surface area contributed by atoms with Gasteiger partial charge in [-0.3, -0.25) is 4.79 Å². The molecular formula is C14H16BrNO6S. The van der Waals surface area contributed by atoms with Gasteiger partial charge >= 0.3 is 5.97 Å². The molecule has 0 radical (unpaired) electrons. The monoisotopic (exact) mass is 405 g/mol. The number of benzene rings is 1. The van der Waals surface area contributed by atoms with E-state index in [9.17, 15) is 18.0 Å². The van der Waals surface area contributed by atoms with Crippen molar-refractivity contribution < 1.29 is 27.5 Å². The summed E-state index contributed by atoms with van der Waals surface area (Å²) in [5.74, 6) is -0.729. The van der Waals surface area contributed by atoms with E-state index in [0.29, 0.717) is 16.6 Å². The van der Waals surface area contributed by atoms with E-state index < -0.39 is 34.4 Å². The zero-order chi connectivity index (χ0) is 17.0. The summed E-state index contributed by atoms with van der Waals surface area (Å²) in [4.78, 5) is 23.7. The Morgan fingerprint density at radius 1 is 1.39 bits per heavy atom. The summed E-state index contributed by atoms with van der Waals surface area (Å²) in [6, 6.07) is 4.38. The summed E-state index contributed by atoms with van der Waals surface area (Å²) in [7, 11) is -1.60. The first kappa shape index (κ1) is 17.7. The number of rotatable bonds is 5. The van der Waals surface area contributed by atoms with Crippen molar-refractivity contribution in [3.05, 3.63) is 28.2 Å². The molecule has 23 heavy (non-hydrogen) atoms. The Kier molecular flexibility index (Phi) is 5.64. The number of hydrogen-bond acceptors (Lipinski definition) is 6. The minimum atomic E-state index is -3.07. The average Bonchev–Trinajstić information content (AvgIpc) is 2.84. The van der Waals surface area contributed by atoms with Gasteiger partial charge in [0.2, 0.25) is 0 Å². The van der Waals surface area contributed by atoms with E-state index in [4.69, 9.17) is 9.47 Å². The Balaban J connectivity index is 1.88. The van der Waals surface area contributed by atoms with Crippen LogP contribution in [0.5, 0.6) is 5.75 Å². The van der Waals surface area contributed by atoms with Gasteiger partial charge in [0, 0.05) is 10.5 Å². The fourth-order valence-electron chi connectivity index (χ4n) is 2.17. The molecule has 0 unspecified atom stereocenters. The van der Waals surface area contributed by atoms with E-state index in [1.807, 2.05) is 0 Å². The molecule has 7 nitrogen and oxygen atoms in total. The zero-order valence-corrected chi connectivity index (χ0v) is 14.8. The molecule has 1 aliphatic heterocycles. The molecule has 126 valence electrons. The Hall–Kier alpha value is -1.61. The molecule has 0 aliphatic carbocycles. The van der Waals surface area contributed by atoms with Crippen molar-refractivity contribution in [1.29, 1.82) is 0 Å². The van der Waals surface area contributed by atoms with Gasteiger partial charge in [0.25, 0.3) is 5.91 Å². The van der Waals surface area contributed by atoms with Crippen molar-refractivity contribution in [2.24, 2.45) is 0 Å². The topological polar surface area (TPSA) is 98.8 Å². The van der Waals surface area contributed by atoms with Crippen LogP contribution in [0.4, 0.5) is 0 Å². The average molecular weight is 406 g/mol. The predicted molar refractivity (Wildman–Crippen MR) is 86.2 cm³/mol. The summed E-state index contributed by atoms with van der Waals surface area (Å²) in [6.07, 6.45) is 0.378. The number of carbonyl (C=O) groups excluding carboxylic acids is 2. The van der Waals surface area contributed by atoms with E-state index in [1.54, 1.807) is 12.1 Å². The van der Waals surface area contributed by atoms with E-state index in [0.717, 1.165) is 0 Å². The zero-order valence-electron chi connectivity index (χ0n) is 12.4. The van der Waals surface area contributed by atoms with Crippen LogP contribution in [0.2, 0.25) is 0 Å². The van der Waals surface area contributed by atoms with Crippen LogP contribution in [0, 0.1) is 0 Å². The lowest BCUT2D eigenvalue weighted by Crippen LogP contribution is -2.38. The third kappa shape index (κ3) is 4.93. The fourth-order valence-corrected chi connectivity index (χ4v) is 4.26. The molecule has 1 amide bonds. The molecule has 1 aromatic carbocycles. The SMILES string of the molecule is COc1ccc(Br)c(C(=O)OCC(=O)N[C@H]2CCS(=O)(=O)C2)c1. The van der Waals surface area contributed by atoms with E-state index in [-0.39, 0.29) is 17.1 Å². The minimum Gasteiger partial charge on any atom is -0.497 e. The minimum absolute atomic E-state index is 0.0640. The number of halogens is 1. The number of nitrogens with one attached hydrogen (secondary N) is 1. The highest BCUT2D eigenvalue weighted by molar-refractivity contribution is 9.10. The standard InChI is InChI=1S/C14H16BrNO6S/c1-21-10-2-3-12(15)11(6-10)14(18)22-7-13(17)16-9-4-5-23(19,20)8-9/h2-3,6,9H,4-5,7-8H2,1H3,(H,16,17)/t9-/m0/s1. The number of methoxy groups -OCH3 is 1. The first-order chi connectivity index (χ1) is 10.8. The molecule has 9 heteroatoms. The second-order valence-electron chi connectivity index (χ2n) is 5.09. The third-order valence-corrected chi connectivity index (χ3v) is 5.78. The van der Waals surface area contributed by atoms with E-state index >= 15 is 0 Å². The van der Waals surface area contributed by atoms with Gasteiger partial charge in [0.15, 0.2) is 16.4 Å². The molecular weight excluding hydrogens is 390 g/mol. The Morgan fingerprint density at radius 2 is 2.13 bits per heavy atom. The van der Waals surface area contributed by atoms with Gasteiger partial charge in [-0.15, -0.1) is 0 Å². The van der Waals surface area contributed by atoms with Crippen LogP contribution in [0.3, 0.4) is 0 Å². The van der Waals surface area contributed by atoms with Crippen molar-refractivity contribution >= 4 is 37.6 Å². The molecule has 1 atom stereocenters. The highest BCUT2D eigenvalue weighted by Crippen LogP contribution is 2.23. The Bertz CT molecular complexity index is 718. The molecule has 1 saturated heterocycles. The quantitative estimate of drug-likeness (QED) is 0.731. The van der Waals surface area contributed by atoms with Gasteiger partial charge in [-0.25, -0.2) is 13.2 Å². The molecule has 1 aromatic rings. The molecule has 2 rings (SSSR count). The van der Waals surface area contributed by atoms with Crippen LogP contribution < -0.4 is 10.1 Å². The number of sulfone groups is 1. The number of carbonyl (C=O) groups is 2. The Labute approximate surface area is 142 Å². The maximum atomic E-state index is 12.0. The Morgan fingerprint density at radius 3 is 2.74 bits per heavy atom. The molecule has 1 aliphatic rings. The highest BCUT2D eigenvalue weighted by Gasteiger charge is 2.29. The summed E-state index contributed by atoms with van der Waals surface area (Å²) >= 11 is 3.23. The molecule has 1 heterocycles. The first-order valence-electron chi connectivity index (χ1n) is 6.81. The summed E-state index contributed by atoms with van der Waals surface area (Å²) < 4.78 is 33.1. The van der Waals surface area contributed by atoms with Gasteiger partial charge < -0.3 is 14.8 Å². The first-order valence-corrected chi connectivity index (χ1v) is 9.42. The second-order valence-corrected chi connectivity index (χ2v) is 8.17.